The Bertz CT molecular complexity index is 1120. The van der Waals surface area contributed by atoms with Gasteiger partial charge < -0.3 is 9.80 Å². The number of carbonyl (C=O) groups is 1. The van der Waals surface area contributed by atoms with Crippen molar-refractivity contribution in [3.8, 4) is 11.4 Å². The number of aryl methyl sites for hydroxylation is 2. The van der Waals surface area contributed by atoms with E-state index in [1.807, 2.05) is 24.8 Å². The van der Waals surface area contributed by atoms with Crippen molar-refractivity contribution in [2.45, 2.75) is 26.3 Å². The largest absolute Gasteiger partial charge is 0.339 e. The monoisotopic (exact) mass is 418 g/mol. The number of fused-ring (bicyclic) bond motifs is 1. The third-order valence-corrected chi connectivity index (χ3v) is 6.09. The second kappa shape index (κ2) is 7.68. The van der Waals surface area contributed by atoms with Crippen molar-refractivity contribution >= 4 is 11.9 Å². The van der Waals surface area contributed by atoms with Crippen LogP contribution in [0.5, 0.6) is 0 Å². The van der Waals surface area contributed by atoms with Crippen LogP contribution in [0, 0.1) is 25.6 Å². The molecule has 0 aliphatic carbocycles. The molecular weight excluding hydrogens is 395 g/mol. The normalized spacial score (nSPS) is 20.2. The summed E-state index contributed by atoms with van der Waals surface area (Å²) in [5, 5.41) is 0. The highest BCUT2D eigenvalue weighted by molar-refractivity contribution is 6.00. The van der Waals surface area contributed by atoms with Gasteiger partial charge in [-0.1, -0.05) is 0 Å². The Labute approximate surface area is 180 Å². The SMILES string of the molecule is Cc1cc(C)nc(N2CC[C@@H]3CN(C(=O)c4ccc(F)cc4-c4ncccn4)[C@@H]3C2)n1. The highest BCUT2D eigenvalue weighted by Gasteiger charge is 2.46. The van der Waals surface area contributed by atoms with Crippen LogP contribution in [-0.2, 0) is 0 Å². The zero-order valence-corrected chi connectivity index (χ0v) is 17.5. The summed E-state index contributed by atoms with van der Waals surface area (Å²) in [6.45, 7) is 6.21. The fourth-order valence-corrected chi connectivity index (χ4v) is 4.54. The molecule has 2 aromatic heterocycles. The first kappa shape index (κ1) is 19.5. The smallest absolute Gasteiger partial charge is 0.254 e. The molecule has 2 fully saturated rings. The zero-order chi connectivity index (χ0) is 21.5. The van der Waals surface area contributed by atoms with E-state index in [1.54, 1.807) is 18.5 Å². The van der Waals surface area contributed by atoms with Gasteiger partial charge in [-0.05, 0) is 50.6 Å². The van der Waals surface area contributed by atoms with Crippen LogP contribution in [0.4, 0.5) is 10.3 Å². The van der Waals surface area contributed by atoms with Gasteiger partial charge in [0.25, 0.3) is 5.91 Å². The Balaban J connectivity index is 1.40. The number of hydrogen-bond donors (Lipinski definition) is 0. The summed E-state index contributed by atoms with van der Waals surface area (Å²) in [6, 6.07) is 7.90. The average molecular weight is 418 g/mol. The van der Waals surface area contributed by atoms with Crippen molar-refractivity contribution in [2.75, 3.05) is 24.5 Å². The summed E-state index contributed by atoms with van der Waals surface area (Å²) in [5.41, 5.74) is 2.71. The summed E-state index contributed by atoms with van der Waals surface area (Å²) in [5.74, 6) is 0.984. The van der Waals surface area contributed by atoms with E-state index in [9.17, 15) is 9.18 Å². The van der Waals surface area contributed by atoms with E-state index in [1.165, 1.54) is 18.2 Å². The standard InChI is InChI=1S/C23H23FN6O/c1-14-10-15(2)28-23(27-14)29-9-6-16-12-30(20(16)13-29)22(31)18-5-4-17(24)11-19(18)21-25-7-3-8-26-21/h3-5,7-8,10-11,16,20H,6,9,12-13H2,1-2H3/t16-,20-/m1/s1. The maximum atomic E-state index is 14.0. The molecule has 31 heavy (non-hydrogen) atoms. The number of likely N-dealkylation sites (tertiary alicyclic amines) is 1. The molecule has 5 rings (SSSR count). The van der Waals surface area contributed by atoms with Gasteiger partial charge in [0.15, 0.2) is 5.82 Å². The van der Waals surface area contributed by atoms with Gasteiger partial charge in [0.2, 0.25) is 5.95 Å². The molecule has 2 aliphatic rings. The number of benzene rings is 1. The van der Waals surface area contributed by atoms with Crippen LogP contribution >= 0.6 is 0 Å². The van der Waals surface area contributed by atoms with Crippen LogP contribution < -0.4 is 4.90 Å². The number of anilines is 1. The van der Waals surface area contributed by atoms with Crippen LogP contribution in [0.15, 0.2) is 42.7 Å². The Hall–Kier alpha value is -3.42. The quantitative estimate of drug-likeness (QED) is 0.651. The number of halogens is 1. The number of carbonyl (C=O) groups excluding carboxylic acids is 1. The van der Waals surface area contributed by atoms with E-state index >= 15 is 0 Å². The molecule has 0 spiro atoms. The van der Waals surface area contributed by atoms with Gasteiger partial charge in [-0.3, -0.25) is 4.79 Å². The lowest BCUT2D eigenvalue weighted by Gasteiger charge is -2.53. The number of aromatic nitrogens is 4. The Morgan fingerprint density at radius 2 is 1.81 bits per heavy atom. The van der Waals surface area contributed by atoms with Crippen molar-refractivity contribution in [2.24, 2.45) is 5.92 Å². The average Bonchev–Trinajstić information content (AvgIpc) is 2.74. The number of nitrogens with zero attached hydrogens (tertiary/aromatic N) is 6. The van der Waals surface area contributed by atoms with E-state index in [2.05, 4.69) is 24.8 Å². The van der Waals surface area contributed by atoms with E-state index in [0.717, 1.165) is 30.3 Å². The maximum Gasteiger partial charge on any atom is 0.254 e. The zero-order valence-electron chi connectivity index (χ0n) is 17.5. The lowest BCUT2D eigenvalue weighted by molar-refractivity contribution is 0.00773. The van der Waals surface area contributed by atoms with Gasteiger partial charge in [-0.25, -0.2) is 24.3 Å². The topological polar surface area (TPSA) is 75.1 Å². The molecule has 0 unspecified atom stereocenters. The van der Waals surface area contributed by atoms with E-state index in [4.69, 9.17) is 0 Å². The summed E-state index contributed by atoms with van der Waals surface area (Å²) >= 11 is 0. The van der Waals surface area contributed by atoms with E-state index < -0.39 is 5.82 Å². The lowest BCUT2D eigenvalue weighted by Crippen LogP contribution is -2.66. The van der Waals surface area contributed by atoms with Gasteiger partial charge in [0.05, 0.1) is 11.6 Å². The first-order valence-corrected chi connectivity index (χ1v) is 10.4. The van der Waals surface area contributed by atoms with Gasteiger partial charge in [-0.2, -0.15) is 0 Å². The molecule has 158 valence electrons. The first-order chi connectivity index (χ1) is 15.0. The second-order valence-electron chi connectivity index (χ2n) is 8.23. The molecule has 0 radical (unpaired) electrons. The van der Waals surface area contributed by atoms with Crippen molar-refractivity contribution in [1.82, 2.24) is 24.8 Å². The van der Waals surface area contributed by atoms with E-state index in [-0.39, 0.29) is 11.9 Å². The molecule has 2 atom stereocenters. The summed E-state index contributed by atoms with van der Waals surface area (Å²) in [6.07, 6.45) is 4.16. The molecule has 0 N–H and O–H groups in total. The minimum atomic E-state index is -0.420. The minimum Gasteiger partial charge on any atom is -0.339 e. The molecule has 8 heteroatoms. The molecular formula is C23H23FN6O. The second-order valence-corrected chi connectivity index (χ2v) is 8.23. The summed E-state index contributed by atoms with van der Waals surface area (Å²) in [7, 11) is 0. The predicted octanol–water partition coefficient (Wildman–Crippen LogP) is 3.04. The Kier molecular flexibility index (Phi) is 4.84. The van der Waals surface area contributed by atoms with E-state index in [0.29, 0.717) is 36.0 Å². The summed E-state index contributed by atoms with van der Waals surface area (Å²) in [4.78, 5) is 35.1. The minimum absolute atomic E-state index is 0.0836. The fourth-order valence-electron chi connectivity index (χ4n) is 4.54. The van der Waals surface area contributed by atoms with Crippen molar-refractivity contribution in [3.05, 3.63) is 65.5 Å². The Morgan fingerprint density at radius 1 is 1.06 bits per heavy atom. The third-order valence-electron chi connectivity index (χ3n) is 6.09. The number of piperidine rings is 1. The molecule has 7 nitrogen and oxygen atoms in total. The highest BCUT2D eigenvalue weighted by atomic mass is 19.1. The van der Waals surface area contributed by atoms with Crippen molar-refractivity contribution < 1.29 is 9.18 Å². The molecule has 1 aromatic carbocycles. The Morgan fingerprint density at radius 3 is 2.55 bits per heavy atom. The number of rotatable bonds is 3. The molecule has 0 saturated carbocycles. The number of amides is 1. The maximum absolute atomic E-state index is 14.0. The van der Waals surface area contributed by atoms with Gasteiger partial charge in [0, 0.05) is 54.9 Å². The molecule has 2 aliphatic heterocycles. The van der Waals surface area contributed by atoms with Crippen LogP contribution in [0.3, 0.4) is 0 Å². The molecule has 3 aromatic rings. The van der Waals surface area contributed by atoms with Crippen molar-refractivity contribution in [1.29, 1.82) is 0 Å². The van der Waals surface area contributed by atoms with Crippen LogP contribution in [0.2, 0.25) is 0 Å². The lowest BCUT2D eigenvalue weighted by atomic mass is 9.81. The molecule has 2 saturated heterocycles. The van der Waals surface area contributed by atoms with Crippen LogP contribution in [-0.4, -0.2) is 56.4 Å². The highest BCUT2D eigenvalue weighted by Crippen LogP contribution is 2.36. The summed E-state index contributed by atoms with van der Waals surface area (Å²) < 4.78 is 14.0. The molecule has 1 amide bonds. The fraction of sp³-hybridized carbons (Fsp3) is 0.348. The van der Waals surface area contributed by atoms with Gasteiger partial charge in [-0.15, -0.1) is 0 Å². The van der Waals surface area contributed by atoms with Gasteiger partial charge in [0.1, 0.15) is 5.82 Å². The van der Waals surface area contributed by atoms with Crippen molar-refractivity contribution in [3.63, 3.8) is 0 Å². The van der Waals surface area contributed by atoms with Crippen LogP contribution in [0.1, 0.15) is 28.2 Å². The van der Waals surface area contributed by atoms with Crippen LogP contribution in [0.25, 0.3) is 11.4 Å². The van der Waals surface area contributed by atoms with Gasteiger partial charge >= 0.3 is 0 Å². The molecule has 0 bridgehead atoms. The number of hydrogen-bond acceptors (Lipinski definition) is 6. The third kappa shape index (κ3) is 3.62. The predicted molar refractivity (Wildman–Crippen MR) is 114 cm³/mol. The first-order valence-electron chi connectivity index (χ1n) is 10.4. The molecule has 4 heterocycles.